The SMILES string of the molecule is CN(C(=O)CCC1CCCN1)C1CCN(Cc2ccccc2)CC1.Cl.Cl. The minimum Gasteiger partial charge on any atom is -0.343 e. The summed E-state index contributed by atoms with van der Waals surface area (Å²) in [5, 5.41) is 3.48. The van der Waals surface area contributed by atoms with Gasteiger partial charge in [-0.2, -0.15) is 0 Å². The van der Waals surface area contributed by atoms with Crippen molar-refractivity contribution in [1.29, 1.82) is 0 Å². The third kappa shape index (κ3) is 6.73. The van der Waals surface area contributed by atoms with Crippen molar-refractivity contribution < 1.29 is 4.79 Å². The van der Waals surface area contributed by atoms with E-state index < -0.39 is 0 Å². The molecule has 0 aromatic heterocycles. The maximum atomic E-state index is 12.5. The number of benzene rings is 1. The number of nitrogens with zero attached hydrogens (tertiary/aromatic N) is 2. The Morgan fingerprint density at radius 2 is 1.85 bits per heavy atom. The van der Waals surface area contributed by atoms with E-state index in [-0.39, 0.29) is 24.8 Å². The number of piperidine rings is 1. The molecule has 1 aromatic rings. The van der Waals surface area contributed by atoms with Gasteiger partial charge in [-0.3, -0.25) is 9.69 Å². The summed E-state index contributed by atoms with van der Waals surface area (Å²) in [7, 11) is 2.00. The number of hydrogen-bond acceptors (Lipinski definition) is 3. The largest absolute Gasteiger partial charge is 0.343 e. The molecule has 0 radical (unpaired) electrons. The highest BCUT2D eigenvalue weighted by atomic mass is 35.5. The number of likely N-dealkylation sites (tertiary alicyclic amines) is 1. The van der Waals surface area contributed by atoms with Crippen LogP contribution in [0.2, 0.25) is 0 Å². The van der Waals surface area contributed by atoms with Crippen molar-refractivity contribution in [1.82, 2.24) is 15.1 Å². The zero-order chi connectivity index (χ0) is 16.8. The molecule has 2 aliphatic heterocycles. The summed E-state index contributed by atoms with van der Waals surface area (Å²) in [5.41, 5.74) is 1.38. The number of hydrogen-bond donors (Lipinski definition) is 1. The maximum Gasteiger partial charge on any atom is 0.222 e. The highest BCUT2D eigenvalue weighted by molar-refractivity contribution is 5.85. The molecule has 2 heterocycles. The average molecular weight is 402 g/mol. The second-order valence-corrected chi connectivity index (χ2v) is 7.33. The minimum absolute atomic E-state index is 0. The minimum atomic E-state index is 0. The van der Waals surface area contributed by atoms with Crippen LogP contribution >= 0.6 is 24.8 Å². The fraction of sp³-hybridized carbons (Fsp3) is 0.650. The first-order valence-corrected chi connectivity index (χ1v) is 9.47. The molecule has 0 bridgehead atoms. The molecule has 2 fully saturated rings. The Bertz CT molecular complexity index is 515. The molecule has 2 saturated heterocycles. The van der Waals surface area contributed by atoms with Crippen LogP contribution in [-0.4, -0.2) is 54.5 Å². The second kappa shape index (κ2) is 11.8. The molecule has 148 valence electrons. The molecule has 3 rings (SSSR count). The van der Waals surface area contributed by atoms with Crippen molar-refractivity contribution in [2.24, 2.45) is 0 Å². The second-order valence-electron chi connectivity index (χ2n) is 7.33. The van der Waals surface area contributed by atoms with Gasteiger partial charge in [-0.15, -0.1) is 24.8 Å². The van der Waals surface area contributed by atoms with E-state index in [1.165, 1.54) is 18.4 Å². The van der Waals surface area contributed by atoms with Gasteiger partial charge < -0.3 is 10.2 Å². The molecule has 0 saturated carbocycles. The first kappa shape index (κ1) is 23.2. The summed E-state index contributed by atoms with van der Waals surface area (Å²) in [4.78, 5) is 17.0. The molecule has 0 spiro atoms. The van der Waals surface area contributed by atoms with E-state index in [1.54, 1.807) is 0 Å². The van der Waals surface area contributed by atoms with Gasteiger partial charge in [0.1, 0.15) is 0 Å². The van der Waals surface area contributed by atoms with Crippen LogP contribution in [0.5, 0.6) is 0 Å². The smallest absolute Gasteiger partial charge is 0.222 e. The highest BCUT2D eigenvalue weighted by Crippen LogP contribution is 2.19. The topological polar surface area (TPSA) is 35.6 Å². The molecule has 4 nitrogen and oxygen atoms in total. The predicted molar refractivity (Wildman–Crippen MR) is 112 cm³/mol. The highest BCUT2D eigenvalue weighted by Gasteiger charge is 2.26. The molecular weight excluding hydrogens is 369 g/mol. The van der Waals surface area contributed by atoms with Gasteiger partial charge in [0.2, 0.25) is 5.91 Å². The predicted octanol–water partition coefficient (Wildman–Crippen LogP) is 3.49. The van der Waals surface area contributed by atoms with Gasteiger partial charge in [-0.05, 0) is 44.2 Å². The third-order valence-electron chi connectivity index (χ3n) is 5.62. The number of rotatable bonds is 6. The van der Waals surface area contributed by atoms with Crippen molar-refractivity contribution in [3.63, 3.8) is 0 Å². The number of carbonyl (C=O) groups excluding carboxylic acids is 1. The van der Waals surface area contributed by atoms with Crippen LogP contribution in [0, 0.1) is 0 Å². The Kier molecular flexibility index (Phi) is 10.6. The maximum absolute atomic E-state index is 12.5. The van der Waals surface area contributed by atoms with E-state index in [4.69, 9.17) is 0 Å². The fourth-order valence-electron chi connectivity index (χ4n) is 3.99. The zero-order valence-electron chi connectivity index (χ0n) is 15.7. The first-order valence-electron chi connectivity index (χ1n) is 9.47. The van der Waals surface area contributed by atoms with Gasteiger partial charge in [0.15, 0.2) is 0 Å². The molecule has 1 atom stereocenters. The van der Waals surface area contributed by atoms with Crippen molar-refractivity contribution >= 4 is 30.7 Å². The van der Waals surface area contributed by atoms with Crippen LogP contribution in [0.3, 0.4) is 0 Å². The monoisotopic (exact) mass is 401 g/mol. The van der Waals surface area contributed by atoms with E-state index in [9.17, 15) is 4.79 Å². The van der Waals surface area contributed by atoms with Gasteiger partial charge in [0.25, 0.3) is 0 Å². The lowest BCUT2D eigenvalue weighted by atomic mass is 10.0. The lowest BCUT2D eigenvalue weighted by molar-refractivity contribution is -0.133. The standard InChI is InChI=1S/C20H31N3O.2ClH/c1-22(20(24)10-9-18-8-5-13-21-18)19-11-14-23(15-12-19)16-17-6-3-2-4-7-17;;/h2-4,6-7,18-19,21H,5,8-16H2,1H3;2*1H. The summed E-state index contributed by atoms with van der Waals surface area (Å²) in [6.45, 7) is 4.32. The Hall–Kier alpha value is -0.810. The molecule has 6 heteroatoms. The van der Waals surface area contributed by atoms with Gasteiger partial charge in [-0.1, -0.05) is 30.3 Å². The Morgan fingerprint density at radius 3 is 2.46 bits per heavy atom. The van der Waals surface area contributed by atoms with E-state index >= 15 is 0 Å². The normalized spacial score (nSPS) is 20.9. The molecule has 1 aromatic carbocycles. The summed E-state index contributed by atoms with van der Waals surface area (Å²) in [6.07, 6.45) is 6.37. The quantitative estimate of drug-likeness (QED) is 0.792. The number of amides is 1. The van der Waals surface area contributed by atoms with Crippen LogP contribution in [0.1, 0.15) is 44.1 Å². The molecule has 1 amide bonds. The van der Waals surface area contributed by atoms with Gasteiger partial charge in [0, 0.05) is 45.2 Å². The summed E-state index contributed by atoms with van der Waals surface area (Å²) >= 11 is 0. The van der Waals surface area contributed by atoms with Crippen LogP contribution in [0.25, 0.3) is 0 Å². The Labute approximate surface area is 170 Å². The lowest BCUT2D eigenvalue weighted by Gasteiger charge is -2.37. The summed E-state index contributed by atoms with van der Waals surface area (Å²) in [5.74, 6) is 0.324. The lowest BCUT2D eigenvalue weighted by Crippen LogP contribution is -2.45. The summed E-state index contributed by atoms with van der Waals surface area (Å²) < 4.78 is 0. The average Bonchev–Trinajstić information content (AvgIpc) is 3.14. The number of nitrogens with one attached hydrogen (secondary N) is 1. The number of carbonyl (C=O) groups is 1. The van der Waals surface area contributed by atoms with Crippen LogP contribution < -0.4 is 5.32 Å². The molecule has 1 unspecified atom stereocenters. The van der Waals surface area contributed by atoms with Crippen molar-refractivity contribution in [2.45, 2.75) is 57.2 Å². The van der Waals surface area contributed by atoms with Crippen LogP contribution in [0.15, 0.2) is 30.3 Å². The molecule has 26 heavy (non-hydrogen) atoms. The van der Waals surface area contributed by atoms with E-state index in [1.807, 2.05) is 11.9 Å². The van der Waals surface area contributed by atoms with E-state index in [0.29, 0.717) is 24.4 Å². The van der Waals surface area contributed by atoms with Crippen molar-refractivity contribution in [3.05, 3.63) is 35.9 Å². The zero-order valence-corrected chi connectivity index (χ0v) is 17.4. The number of halogens is 2. The summed E-state index contributed by atoms with van der Waals surface area (Å²) in [6, 6.07) is 11.6. The van der Waals surface area contributed by atoms with E-state index in [0.717, 1.165) is 45.4 Å². The Morgan fingerprint density at radius 1 is 1.15 bits per heavy atom. The molecule has 0 aliphatic carbocycles. The van der Waals surface area contributed by atoms with E-state index in [2.05, 4.69) is 40.5 Å². The third-order valence-corrected chi connectivity index (χ3v) is 5.62. The first-order chi connectivity index (χ1) is 11.7. The molecule has 1 N–H and O–H groups in total. The van der Waals surface area contributed by atoms with Gasteiger partial charge >= 0.3 is 0 Å². The van der Waals surface area contributed by atoms with Gasteiger partial charge in [-0.25, -0.2) is 0 Å². The van der Waals surface area contributed by atoms with Gasteiger partial charge in [0.05, 0.1) is 0 Å². The van der Waals surface area contributed by atoms with Crippen LogP contribution in [0.4, 0.5) is 0 Å². The molecule has 2 aliphatic rings. The van der Waals surface area contributed by atoms with Crippen molar-refractivity contribution in [3.8, 4) is 0 Å². The Balaban J connectivity index is 0.00000169. The van der Waals surface area contributed by atoms with Crippen LogP contribution in [-0.2, 0) is 11.3 Å². The van der Waals surface area contributed by atoms with Crippen molar-refractivity contribution in [2.75, 3.05) is 26.7 Å². The molecular formula is C20H33Cl2N3O. The fourth-order valence-corrected chi connectivity index (χ4v) is 3.99.